The minimum absolute atomic E-state index is 0.136. The van der Waals surface area contributed by atoms with Crippen LogP contribution in [-0.2, 0) is 39.1 Å². The molecule has 0 atom stereocenters. The van der Waals surface area contributed by atoms with Crippen LogP contribution in [-0.4, -0.2) is 0 Å². The van der Waals surface area contributed by atoms with E-state index in [1.54, 1.807) is 54.6 Å². The van der Waals surface area contributed by atoms with Gasteiger partial charge in [0.05, 0.1) is 0 Å². The van der Waals surface area contributed by atoms with E-state index < -0.39 is 17.5 Å². The molecular formula is C33H33F3O3. The minimum Gasteiger partial charge on any atom is -0.486 e. The van der Waals surface area contributed by atoms with Gasteiger partial charge >= 0.3 is 0 Å². The lowest BCUT2D eigenvalue weighted by atomic mass is 9.84. The van der Waals surface area contributed by atoms with Crippen molar-refractivity contribution < 1.29 is 27.4 Å². The third kappa shape index (κ3) is 6.39. The van der Waals surface area contributed by atoms with E-state index in [1.165, 1.54) is 18.2 Å². The van der Waals surface area contributed by atoms with Crippen molar-refractivity contribution in [3.8, 4) is 17.2 Å². The standard InChI is InChI=1S/C33H33F3O3/c1-4-22-25(19-37-31-16-10-7-13-28(31)34)23(5-2)27(21-39-33-18-12-9-15-30(33)36)24(6-3)26(22)20-38-32-17-11-8-14-29(32)35/h7-18H,4-6,19-21H2,1-3H3. The van der Waals surface area contributed by atoms with Crippen molar-refractivity contribution in [3.63, 3.8) is 0 Å². The van der Waals surface area contributed by atoms with Crippen LogP contribution in [0.4, 0.5) is 13.2 Å². The first-order valence-electron chi connectivity index (χ1n) is 13.3. The summed E-state index contributed by atoms with van der Waals surface area (Å²) in [6, 6.07) is 18.9. The number of halogens is 3. The highest BCUT2D eigenvalue weighted by Gasteiger charge is 2.23. The predicted molar refractivity (Wildman–Crippen MR) is 147 cm³/mol. The Morgan fingerprint density at radius 3 is 0.897 bits per heavy atom. The molecule has 3 nitrogen and oxygen atoms in total. The van der Waals surface area contributed by atoms with E-state index in [1.807, 2.05) is 20.8 Å². The molecule has 0 heterocycles. The third-order valence-corrected chi connectivity index (χ3v) is 6.87. The first-order valence-corrected chi connectivity index (χ1v) is 13.3. The summed E-state index contributed by atoms with van der Waals surface area (Å²) in [7, 11) is 0. The van der Waals surface area contributed by atoms with Gasteiger partial charge in [-0.1, -0.05) is 57.2 Å². The van der Waals surface area contributed by atoms with Crippen LogP contribution in [0.2, 0.25) is 0 Å². The van der Waals surface area contributed by atoms with Crippen LogP contribution in [0.25, 0.3) is 0 Å². The molecule has 6 heteroatoms. The molecule has 0 N–H and O–H groups in total. The number of rotatable bonds is 12. The summed E-state index contributed by atoms with van der Waals surface area (Å²) < 4.78 is 61.1. The fourth-order valence-electron chi connectivity index (χ4n) is 5.03. The molecule has 4 aromatic carbocycles. The maximum absolute atomic E-state index is 14.4. The second-order valence-corrected chi connectivity index (χ2v) is 9.09. The van der Waals surface area contributed by atoms with Gasteiger partial charge in [0.1, 0.15) is 19.8 Å². The van der Waals surface area contributed by atoms with Gasteiger partial charge in [0, 0.05) is 0 Å². The number of ether oxygens (including phenoxy) is 3. The molecule has 0 aliphatic rings. The topological polar surface area (TPSA) is 27.7 Å². The highest BCUT2D eigenvalue weighted by atomic mass is 19.1. The second-order valence-electron chi connectivity index (χ2n) is 9.09. The van der Waals surface area contributed by atoms with Gasteiger partial charge in [0.25, 0.3) is 0 Å². The second kappa shape index (κ2) is 13.2. The van der Waals surface area contributed by atoms with E-state index in [9.17, 15) is 13.2 Å². The SMILES string of the molecule is CCc1c(COc2ccccc2F)c(CC)c(COc2ccccc2F)c(CC)c1COc1ccccc1F. The summed E-state index contributed by atoms with van der Waals surface area (Å²) in [6.45, 7) is 6.54. The number of hydrogen-bond donors (Lipinski definition) is 0. The number of hydrogen-bond acceptors (Lipinski definition) is 3. The van der Waals surface area contributed by atoms with Gasteiger partial charge in [0.2, 0.25) is 0 Å². The Labute approximate surface area is 228 Å². The van der Waals surface area contributed by atoms with Crippen LogP contribution in [0.15, 0.2) is 72.8 Å². The van der Waals surface area contributed by atoms with E-state index in [2.05, 4.69) is 0 Å². The normalized spacial score (nSPS) is 10.9. The van der Waals surface area contributed by atoms with Crippen LogP contribution in [0.1, 0.15) is 54.2 Å². The Morgan fingerprint density at radius 1 is 0.410 bits per heavy atom. The lowest BCUT2D eigenvalue weighted by Crippen LogP contribution is -2.17. The molecular weight excluding hydrogens is 501 g/mol. The smallest absolute Gasteiger partial charge is 0.165 e. The Kier molecular flexibility index (Phi) is 9.53. The van der Waals surface area contributed by atoms with Crippen molar-refractivity contribution >= 4 is 0 Å². The molecule has 0 aliphatic carbocycles. The first kappa shape index (κ1) is 28.1. The van der Waals surface area contributed by atoms with Crippen LogP contribution < -0.4 is 14.2 Å². The number of benzene rings is 4. The van der Waals surface area contributed by atoms with E-state index in [-0.39, 0.29) is 37.1 Å². The van der Waals surface area contributed by atoms with Gasteiger partial charge in [-0.2, -0.15) is 0 Å². The van der Waals surface area contributed by atoms with Crippen molar-refractivity contribution in [3.05, 3.63) is 124 Å². The van der Waals surface area contributed by atoms with Gasteiger partial charge in [-0.3, -0.25) is 0 Å². The molecule has 39 heavy (non-hydrogen) atoms. The van der Waals surface area contributed by atoms with Crippen LogP contribution in [0.3, 0.4) is 0 Å². The first-order chi connectivity index (χ1) is 19.0. The zero-order valence-corrected chi connectivity index (χ0v) is 22.5. The fraction of sp³-hybridized carbons (Fsp3) is 0.273. The average molecular weight is 535 g/mol. The summed E-state index contributed by atoms with van der Waals surface area (Å²) in [4.78, 5) is 0. The summed E-state index contributed by atoms with van der Waals surface area (Å²) >= 11 is 0. The van der Waals surface area contributed by atoms with Gasteiger partial charge in [-0.25, -0.2) is 13.2 Å². The molecule has 4 aromatic rings. The Bertz CT molecular complexity index is 1230. The quantitative estimate of drug-likeness (QED) is 0.182. The minimum atomic E-state index is -0.440. The highest BCUT2D eigenvalue weighted by molar-refractivity contribution is 5.52. The molecule has 4 rings (SSSR count). The van der Waals surface area contributed by atoms with E-state index in [0.29, 0.717) is 19.3 Å². The Morgan fingerprint density at radius 2 is 0.667 bits per heavy atom. The Hall–Kier alpha value is -3.93. The van der Waals surface area contributed by atoms with E-state index in [0.717, 1.165) is 33.4 Å². The maximum atomic E-state index is 14.4. The van der Waals surface area contributed by atoms with Crippen LogP contribution in [0, 0.1) is 17.5 Å². The summed E-state index contributed by atoms with van der Waals surface area (Å²) in [5.41, 5.74) is 5.81. The third-order valence-electron chi connectivity index (χ3n) is 6.87. The lowest BCUT2D eigenvalue weighted by molar-refractivity contribution is 0.274. The van der Waals surface area contributed by atoms with Gasteiger partial charge < -0.3 is 14.2 Å². The van der Waals surface area contributed by atoms with Crippen molar-refractivity contribution in [2.75, 3.05) is 0 Å². The molecule has 0 saturated carbocycles. The number of para-hydroxylation sites is 3. The van der Waals surface area contributed by atoms with Crippen molar-refractivity contribution in [1.82, 2.24) is 0 Å². The molecule has 0 unspecified atom stereocenters. The zero-order chi connectivity index (χ0) is 27.8. The van der Waals surface area contributed by atoms with Gasteiger partial charge in [0.15, 0.2) is 34.7 Å². The van der Waals surface area contributed by atoms with Crippen molar-refractivity contribution in [2.24, 2.45) is 0 Å². The average Bonchev–Trinajstić information content (AvgIpc) is 2.95. The molecule has 0 aromatic heterocycles. The fourth-order valence-corrected chi connectivity index (χ4v) is 5.03. The molecule has 0 aliphatic heterocycles. The maximum Gasteiger partial charge on any atom is 0.165 e. The Balaban J connectivity index is 1.81. The van der Waals surface area contributed by atoms with Crippen LogP contribution in [0.5, 0.6) is 17.2 Å². The largest absolute Gasteiger partial charge is 0.486 e. The van der Waals surface area contributed by atoms with Crippen molar-refractivity contribution in [2.45, 2.75) is 59.9 Å². The summed E-state index contributed by atoms with van der Waals surface area (Å²) in [6.07, 6.45) is 2.00. The van der Waals surface area contributed by atoms with E-state index >= 15 is 0 Å². The highest BCUT2D eigenvalue weighted by Crippen LogP contribution is 2.34. The molecule has 204 valence electrons. The van der Waals surface area contributed by atoms with Crippen molar-refractivity contribution in [1.29, 1.82) is 0 Å². The monoisotopic (exact) mass is 534 g/mol. The zero-order valence-electron chi connectivity index (χ0n) is 22.5. The summed E-state index contributed by atoms with van der Waals surface area (Å²) in [5, 5.41) is 0. The molecule has 0 bridgehead atoms. The lowest BCUT2D eigenvalue weighted by Gasteiger charge is -2.26. The predicted octanol–water partition coefficient (Wildman–Crippen LogP) is 8.53. The van der Waals surface area contributed by atoms with Gasteiger partial charge in [-0.05, 0) is 89.0 Å². The van der Waals surface area contributed by atoms with E-state index in [4.69, 9.17) is 14.2 Å². The van der Waals surface area contributed by atoms with Crippen LogP contribution >= 0.6 is 0 Å². The molecule has 0 fully saturated rings. The molecule has 0 amide bonds. The molecule has 0 spiro atoms. The molecule has 0 saturated heterocycles. The summed E-state index contributed by atoms with van der Waals surface area (Å²) in [5.74, 6) is -0.835. The van der Waals surface area contributed by atoms with Gasteiger partial charge in [-0.15, -0.1) is 0 Å². The molecule has 0 radical (unpaired) electrons.